The van der Waals surface area contributed by atoms with Crippen molar-refractivity contribution >= 4 is 29.1 Å². The molecule has 0 saturated heterocycles. The van der Waals surface area contributed by atoms with Crippen molar-refractivity contribution in [2.75, 3.05) is 13.3 Å². The Bertz CT molecular complexity index is 894. The van der Waals surface area contributed by atoms with Crippen molar-refractivity contribution in [1.82, 2.24) is 10.6 Å². The van der Waals surface area contributed by atoms with Gasteiger partial charge >= 0.3 is 5.97 Å². The number of carbonyl (C=O) groups excluding carboxylic acids is 3. The van der Waals surface area contributed by atoms with E-state index in [2.05, 4.69) is 10.6 Å². The molecule has 1 aliphatic heterocycles. The van der Waals surface area contributed by atoms with Crippen molar-refractivity contribution in [2.45, 2.75) is 26.5 Å². The molecule has 2 amide bonds. The maximum absolute atomic E-state index is 12.1. The maximum Gasteiger partial charge on any atom is 0.326 e. The molecule has 1 aromatic heterocycles. The van der Waals surface area contributed by atoms with Crippen LogP contribution in [0.15, 0.2) is 30.3 Å². The average Bonchev–Trinajstić information content (AvgIpc) is 3.32. The van der Waals surface area contributed by atoms with Crippen LogP contribution in [0, 0.1) is 6.92 Å². The Balaban J connectivity index is 1.40. The number of rotatable bonds is 7. The monoisotopic (exact) mass is 404 g/mol. The molecule has 148 valence electrons. The minimum Gasteiger partial charge on any atom is -0.454 e. The van der Waals surface area contributed by atoms with Crippen LogP contribution in [-0.2, 0) is 20.9 Å². The highest BCUT2D eigenvalue weighted by atomic mass is 32.1. The first kappa shape index (κ1) is 19.7. The minimum atomic E-state index is -0.984. The molecule has 1 atom stereocenters. The predicted molar refractivity (Wildman–Crippen MR) is 101 cm³/mol. The van der Waals surface area contributed by atoms with Gasteiger partial charge in [0.25, 0.3) is 11.8 Å². The third kappa shape index (κ3) is 5.01. The predicted octanol–water partition coefficient (Wildman–Crippen LogP) is 1.76. The van der Waals surface area contributed by atoms with E-state index >= 15 is 0 Å². The molecule has 0 aliphatic carbocycles. The standard InChI is InChI=1S/C19H20N2O6S/c1-11-3-6-16(28-11)19(24)21-9-17(22)27-12(2)18(23)20-8-13-4-5-14-15(7-13)26-10-25-14/h3-7,12H,8-10H2,1-2H3,(H,20,23)(H,21,24). The van der Waals surface area contributed by atoms with Crippen molar-refractivity contribution in [3.63, 3.8) is 0 Å². The number of thiophene rings is 1. The van der Waals surface area contributed by atoms with Gasteiger partial charge in [0.2, 0.25) is 6.79 Å². The fourth-order valence-electron chi connectivity index (χ4n) is 2.47. The summed E-state index contributed by atoms with van der Waals surface area (Å²) in [6.07, 6.45) is -0.984. The number of hydrogen-bond donors (Lipinski definition) is 2. The van der Waals surface area contributed by atoms with Crippen LogP contribution >= 0.6 is 11.3 Å². The molecule has 28 heavy (non-hydrogen) atoms. The van der Waals surface area contributed by atoms with E-state index in [4.69, 9.17) is 14.2 Å². The second kappa shape index (κ2) is 8.75. The third-order valence-electron chi connectivity index (χ3n) is 3.94. The van der Waals surface area contributed by atoms with Crippen molar-refractivity contribution in [1.29, 1.82) is 0 Å². The molecule has 0 fully saturated rings. The SMILES string of the molecule is Cc1ccc(C(=O)NCC(=O)OC(C)C(=O)NCc2ccc3c(c2)OCO3)s1. The van der Waals surface area contributed by atoms with Crippen LogP contribution < -0.4 is 20.1 Å². The van der Waals surface area contributed by atoms with Gasteiger partial charge in [-0.2, -0.15) is 0 Å². The highest BCUT2D eigenvalue weighted by Crippen LogP contribution is 2.32. The number of hydrogen-bond acceptors (Lipinski definition) is 7. The van der Waals surface area contributed by atoms with Crippen molar-refractivity contribution in [3.8, 4) is 11.5 Å². The normalized spacial score (nSPS) is 12.9. The second-order valence-electron chi connectivity index (χ2n) is 6.13. The lowest BCUT2D eigenvalue weighted by molar-refractivity contribution is -0.153. The second-order valence-corrected chi connectivity index (χ2v) is 7.42. The molecule has 2 aromatic rings. The molecule has 0 radical (unpaired) electrons. The number of fused-ring (bicyclic) bond motifs is 1. The summed E-state index contributed by atoms with van der Waals surface area (Å²) in [7, 11) is 0. The largest absolute Gasteiger partial charge is 0.454 e. The van der Waals surface area contributed by atoms with E-state index in [9.17, 15) is 14.4 Å². The zero-order valence-electron chi connectivity index (χ0n) is 15.4. The average molecular weight is 404 g/mol. The number of benzene rings is 1. The summed E-state index contributed by atoms with van der Waals surface area (Å²) < 4.78 is 15.6. The van der Waals surface area contributed by atoms with Gasteiger partial charge in [-0.3, -0.25) is 14.4 Å². The first-order chi connectivity index (χ1) is 13.4. The van der Waals surface area contributed by atoms with Crippen molar-refractivity contribution in [2.24, 2.45) is 0 Å². The van der Waals surface area contributed by atoms with Crippen LogP contribution in [0.1, 0.15) is 27.0 Å². The Morgan fingerprint density at radius 3 is 2.68 bits per heavy atom. The lowest BCUT2D eigenvalue weighted by Crippen LogP contribution is -2.38. The Kier molecular flexibility index (Phi) is 6.15. The first-order valence-corrected chi connectivity index (χ1v) is 9.44. The smallest absolute Gasteiger partial charge is 0.326 e. The van der Waals surface area contributed by atoms with Gasteiger partial charge in [0.15, 0.2) is 17.6 Å². The van der Waals surface area contributed by atoms with Gasteiger partial charge in [0.1, 0.15) is 6.54 Å². The summed E-state index contributed by atoms with van der Waals surface area (Å²) in [4.78, 5) is 37.4. The molecule has 0 spiro atoms. The van der Waals surface area contributed by atoms with Crippen LogP contribution in [0.4, 0.5) is 0 Å². The summed E-state index contributed by atoms with van der Waals surface area (Å²) in [6.45, 7) is 3.49. The van der Waals surface area contributed by atoms with E-state index in [-0.39, 0.29) is 25.8 Å². The molecule has 9 heteroatoms. The van der Waals surface area contributed by atoms with Gasteiger partial charge in [-0.15, -0.1) is 11.3 Å². The molecule has 1 aliphatic rings. The molecular weight excluding hydrogens is 384 g/mol. The molecule has 8 nitrogen and oxygen atoms in total. The minimum absolute atomic E-state index is 0.181. The van der Waals surface area contributed by atoms with E-state index in [1.165, 1.54) is 18.3 Å². The van der Waals surface area contributed by atoms with Crippen LogP contribution in [0.5, 0.6) is 11.5 Å². The number of ether oxygens (including phenoxy) is 3. The summed E-state index contributed by atoms with van der Waals surface area (Å²) in [6, 6.07) is 8.87. The number of aryl methyl sites for hydroxylation is 1. The summed E-state index contributed by atoms with van der Waals surface area (Å²) >= 11 is 1.33. The molecule has 2 N–H and O–H groups in total. The van der Waals surface area contributed by atoms with E-state index in [1.807, 2.05) is 19.1 Å². The van der Waals surface area contributed by atoms with Gasteiger partial charge in [-0.05, 0) is 43.7 Å². The number of amides is 2. The van der Waals surface area contributed by atoms with Crippen LogP contribution in [0.25, 0.3) is 0 Å². The quantitative estimate of drug-likeness (QED) is 0.682. The fourth-order valence-corrected chi connectivity index (χ4v) is 3.26. The van der Waals surface area contributed by atoms with Crippen LogP contribution in [-0.4, -0.2) is 37.2 Å². The number of nitrogens with one attached hydrogen (secondary N) is 2. The van der Waals surface area contributed by atoms with E-state index in [0.717, 1.165) is 10.4 Å². The van der Waals surface area contributed by atoms with Crippen LogP contribution in [0.3, 0.4) is 0 Å². The first-order valence-electron chi connectivity index (χ1n) is 8.63. The Morgan fingerprint density at radius 2 is 1.93 bits per heavy atom. The maximum atomic E-state index is 12.1. The van der Waals surface area contributed by atoms with Gasteiger partial charge in [-0.1, -0.05) is 6.07 Å². The summed E-state index contributed by atoms with van der Waals surface area (Å²) in [5.41, 5.74) is 0.828. The number of esters is 1. The van der Waals surface area contributed by atoms with Crippen molar-refractivity contribution in [3.05, 3.63) is 45.6 Å². The lowest BCUT2D eigenvalue weighted by atomic mass is 10.2. The highest BCUT2D eigenvalue weighted by Gasteiger charge is 2.19. The number of carbonyl (C=O) groups is 3. The lowest BCUT2D eigenvalue weighted by Gasteiger charge is -2.14. The van der Waals surface area contributed by atoms with E-state index in [1.54, 1.807) is 18.2 Å². The Morgan fingerprint density at radius 1 is 1.14 bits per heavy atom. The molecule has 2 heterocycles. The Labute approximate surface area is 165 Å². The molecule has 1 unspecified atom stereocenters. The third-order valence-corrected chi connectivity index (χ3v) is 4.94. The highest BCUT2D eigenvalue weighted by molar-refractivity contribution is 7.13. The van der Waals surface area contributed by atoms with Gasteiger partial charge in [0, 0.05) is 11.4 Å². The zero-order chi connectivity index (χ0) is 20.1. The summed E-state index contributed by atoms with van der Waals surface area (Å²) in [5, 5.41) is 5.17. The van der Waals surface area contributed by atoms with Gasteiger partial charge < -0.3 is 24.8 Å². The zero-order valence-corrected chi connectivity index (χ0v) is 16.3. The molecular formula is C19H20N2O6S. The molecule has 0 saturated carbocycles. The van der Waals surface area contributed by atoms with E-state index in [0.29, 0.717) is 16.4 Å². The van der Waals surface area contributed by atoms with Gasteiger partial charge in [0.05, 0.1) is 4.88 Å². The van der Waals surface area contributed by atoms with Gasteiger partial charge in [-0.25, -0.2) is 0 Å². The van der Waals surface area contributed by atoms with Crippen LogP contribution in [0.2, 0.25) is 0 Å². The molecule has 0 bridgehead atoms. The Hall–Kier alpha value is -3.07. The molecule has 3 rings (SSSR count). The molecule has 1 aromatic carbocycles. The topological polar surface area (TPSA) is 103 Å². The summed E-state index contributed by atoms with van der Waals surface area (Å²) in [5.74, 6) is -0.187. The fraction of sp³-hybridized carbons (Fsp3) is 0.316. The van der Waals surface area contributed by atoms with E-state index < -0.39 is 18.0 Å². The van der Waals surface area contributed by atoms with Crippen molar-refractivity contribution < 1.29 is 28.6 Å².